The van der Waals surface area contributed by atoms with Gasteiger partial charge >= 0.3 is 0 Å². The Morgan fingerprint density at radius 3 is 2.75 bits per heavy atom. The molecule has 1 N–H and O–H groups in total. The van der Waals surface area contributed by atoms with Crippen LogP contribution in [0.15, 0.2) is 24.3 Å². The van der Waals surface area contributed by atoms with Gasteiger partial charge in [-0.2, -0.15) is 0 Å². The van der Waals surface area contributed by atoms with E-state index in [4.69, 9.17) is 0 Å². The summed E-state index contributed by atoms with van der Waals surface area (Å²) in [7, 11) is 0. The summed E-state index contributed by atoms with van der Waals surface area (Å²) in [5, 5.41) is 10.8. The first-order chi connectivity index (χ1) is 7.65. The van der Waals surface area contributed by atoms with Crippen LogP contribution in [0, 0.1) is 6.92 Å². The number of carbonyl (C=O) groups excluding carboxylic acids is 1. The van der Waals surface area contributed by atoms with Gasteiger partial charge in [-0.05, 0) is 13.0 Å². The Hall–Kier alpha value is -1.90. The Bertz CT molecular complexity index is 561. The number of aromatic nitrogens is 1. The van der Waals surface area contributed by atoms with E-state index < -0.39 is 0 Å². The van der Waals surface area contributed by atoms with Gasteiger partial charge in [0, 0.05) is 17.4 Å². The zero-order valence-corrected chi connectivity index (χ0v) is 9.32. The minimum Gasteiger partial charge on any atom is -0.505 e. The smallest absolute Gasteiger partial charge is 0.184 e. The van der Waals surface area contributed by atoms with Crippen LogP contribution in [0.3, 0.4) is 0 Å². The molecule has 82 valence electrons. The minimum atomic E-state index is -0.133. The second kappa shape index (κ2) is 3.93. The average molecular weight is 215 g/mol. The zero-order valence-electron chi connectivity index (χ0n) is 9.32. The van der Waals surface area contributed by atoms with Gasteiger partial charge in [-0.25, -0.2) is 4.98 Å². The van der Waals surface area contributed by atoms with Crippen molar-refractivity contribution < 1.29 is 9.90 Å². The maximum absolute atomic E-state index is 11.6. The van der Waals surface area contributed by atoms with Crippen molar-refractivity contribution in [1.82, 2.24) is 4.98 Å². The van der Waals surface area contributed by atoms with E-state index in [1.54, 1.807) is 13.8 Å². The van der Waals surface area contributed by atoms with Gasteiger partial charge in [0.1, 0.15) is 11.4 Å². The highest BCUT2D eigenvalue weighted by Gasteiger charge is 2.15. The molecular weight excluding hydrogens is 202 g/mol. The van der Waals surface area contributed by atoms with Crippen molar-refractivity contribution in [2.24, 2.45) is 0 Å². The number of Topliss-reactive ketones (excluding diaryl/α,β-unsaturated/α-hetero) is 1. The summed E-state index contributed by atoms with van der Waals surface area (Å²) in [5.41, 5.74) is 1.63. The molecule has 0 atom stereocenters. The fraction of sp³-hybridized carbons (Fsp3) is 0.231. The molecule has 0 spiro atoms. The van der Waals surface area contributed by atoms with Crippen LogP contribution in [0.25, 0.3) is 10.9 Å². The van der Waals surface area contributed by atoms with Crippen molar-refractivity contribution in [2.45, 2.75) is 20.3 Å². The number of ketones is 1. The van der Waals surface area contributed by atoms with E-state index in [1.807, 2.05) is 24.3 Å². The number of pyridine rings is 1. The highest BCUT2D eigenvalue weighted by Crippen LogP contribution is 2.28. The molecular formula is C13H13NO2. The average Bonchev–Trinajstić information content (AvgIpc) is 2.33. The van der Waals surface area contributed by atoms with Crippen LogP contribution in [0.5, 0.6) is 5.75 Å². The largest absolute Gasteiger partial charge is 0.505 e. The van der Waals surface area contributed by atoms with E-state index in [2.05, 4.69) is 4.98 Å². The molecule has 2 aromatic rings. The Balaban J connectivity index is 2.78. The highest BCUT2D eigenvalue weighted by atomic mass is 16.3. The fourth-order valence-corrected chi connectivity index (χ4v) is 1.73. The number of hydrogen-bond donors (Lipinski definition) is 1. The molecule has 16 heavy (non-hydrogen) atoms. The van der Waals surface area contributed by atoms with E-state index in [1.165, 1.54) is 0 Å². The van der Waals surface area contributed by atoms with Crippen molar-refractivity contribution in [3.05, 3.63) is 35.5 Å². The van der Waals surface area contributed by atoms with Gasteiger partial charge in [0.25, 0.3) is 0 Å². The topological polar surface area (TPSA) is 50.2 Å². The van der Waals surface area contributed by atoms with Crippen molar-refractivity contribution in [3.63, 3.8) is 0 Å². The molecule has 0 bridgehead atoms. The maximum Gasteiger partial charge on any atom is 0.184 e. The first kappa shape index (κ1) is 10.6. The van der Waals surface area contributed by atoms with Crippen LogP contribution in [0.2, 0.25) is 0 Å². The SMILES string of the molecule is CCC(=O)c1nc2ccccc2c(C)c1O. The van der Waals surface area contributed by atoms with Crippen LogP contribution in [0.4, 0.5) is 0 Å². The van der Waals surface area contributed by atoms with E-state index in [9.17, 15) is 9.90 Å². The molecule has 0 aliphatic carbocycles. The van der Waals surface area contributed by atoms with Crippen molar-refractivity contribution in [2.75, 3.05) is 0 Å². The molecule has 1 heterocycles. The lowest BCUT2D eigenvalue weighted by Crippen LogP contribution is -2.02. The molecule has 1 aromatic heterocycles. The first-order valence-electron chi connectivity index (χ1n) is 5.26. The number of aromatic hydroxyl groups is 1. The van der Waals surface area contributed by atoms with Gasteiger partial charge in [-0.1, -0.05) is 25.1 Å². The van der Waals surface area contributed by atoms with E-state index in [0.717, 1.165) is 10.9 Å². The third kappa shape index (κ3) is 1.54. The van der Waals surface area contributed by atoms with Gasteiger partial charge < -0.3 is 5.11 Å². The number of hydrogen-bond acceptors (Lipinski definition) is 3. The monoisotopic (exact) mass is 215 g/mol. The molecule has 1 aromatic carbocycles. The van der Waals surface area contributed by atoms with E-state index in [0.29, 0.717) is 12.0 Å². The van der Waals surface area contributed by atoms with Gasteiger partial charge in [0.2, 0.25) is 0 Å². The molecule has 0 aliphatic rings. The number of rotatable bonds is 2. The zero-order chi connectivity index (χ0) is 11.7. The Labute approximate surface area is 93.7 Å². The number of benzene rings is 1. The Kier molecular flexibility index (Phi) is 2.60. The van der Waals surface area contributed by atoms with Crippen LogP contribution < -0.4 is 0 Å². The Morgan fingerprint density at radius 2 is 2.06 bits per heavy atom. The molecule has 0 unspecified atom stereocenters. The molecule has 3 heteroatoms. The standard InChI is InChI=1S/C13H13NO2/c1-3-11(15)12-13(16)8(2)9-6-4-5-7-10(9)14-12/h4-7,16H,3H2,1-2H3. The lowest BCUT2D eigenvalue weighted by molar-refractivity contribution is 0.0981. The minimum absolute atomic E-state index is 0.00514. The van der Waals surface area contributed by atoms with Crippen LogP contribution >= 0.6 is 0 Å². The molecule has 0 saturated carbocycles. The normalized spacial score (nSPS) is 10.6. The summed E-state index contributed by atoms with van der Waals surface area (Å²) in [6, 6.07) is 7.48. The van der Waals surface area contributed by atoms with Crippen molar-refractivity contribution >= 4 is 16.7 Å². The number of aryl methyl sites for hydroxylation is 1. The number of carbonyl (C=O) groups is 1. The number of nitrogens with zero attached hydrogens (tertiary/aromatic N) is 1. The number of fused-ring (bicyclic) bond motifs is 1. The third-order valence-corrected chi connectivity index (χ3v) is 2.71. The molecule has 0 amide bonds. The van der Waals surface area contributed by atoms with Crippen LogP contribution in [0.1, 0.15) is 29.4 Å². The van der Waals surface area contributed by atoms with E-state index in [-0.39, 0.29) is 17.2 Å². The summed E-state index contributed by atoms with van der Waals surface area (Å²) < 4.78 is 0. The lowest BCUT2D eigenvalue weighted by Gasteiger charge is -2.08. The van der Waals surface area contributed by atoms with Crippen molar-refractivity contribution in [1.29, 1.82) is 0 Å². The van der Waals surface area contributed by atoms with Gasteiger partial charge in [0.05, 0.1) is 5.52 Å². The molecule has 0 radical (unpaired) electrons. The quantitative estimate of drug-likeness (QED) is 0.783. The van der Waals surface area contributed by atoms with E-state index >= 15 is 0 Å². The summed E-state index contributed by atoms with van der Waals surface area (Å²) in [5.74, 6) is -0.128. The second-order valence-corrected chi connectivity index (χ2v) is 3.73. The predicted octanol–water partition coefficient (Wildman–Crippen LogP) is 2.84. The highest BCUT2D eigenvalue weighted by molar-refractivity contribution is 6.00. The summed E-state index contributed by atoms with van der Waals surface area (Å²) in [6.07, 6.45) is 0.346. The first-order valence-corrected chi connectivity index (χ1v) is 5.26. The van der Waals surface area contributed by atoms with Gasteiger partial charge in [0.15, 0.2) is 5.78 Å². The molecule has 0 aliphatic heterocycles. The Morgan fingerprint density at radius 1 is 1.38 bits per heavy atom. The molecule has 2 rings (SSSR count). The summed E-state index contributed by atoms with van der Waals surface area (Å²) >= 11 is 0. The second-order valence-electron chi connectivity index (χ2n) is 3.73. The summed E-state index contributed by atoms with van der Waals surface area (Å²) in [4.78, 5) is 15.8. The number of para-hydroxylation sites is 1. The molecule has 0 fully saturated rings. The van der Waals surface area contributed by atoms with Gasteiger partial charge in [-0.3, -0.25) is 4.79 Å². The maximum atomic E-state index is 11.6. The predicted molar refractivity (Wildman–Crippen MR) is 62.8 cm³/mol. The lowest BCUT2D eigenvalue weighted by atomic mass is 10.1. The third-order valence-electron chi connectivity index (χ3n) is 2.71. The molecule has 0 saturated heterocycles. The van der Waals surface area contributed by atoms with Crippen LogP contribution in [-0.4, -0.2) is 15.9 Å². The fourth-order valence-electron chi connectivity index (χ4n) is 1.73. The molecule has 3 nitrogen and oxygen atoms in total. The van der Waals surface area contributed by atoms with Crippen LogP contribution in [-0.2, 0) is 0 Å². The summed E-state index contributed by atoms with van der Waals surface area (Å²) in [6.45, 7) is 3.56. The van der Waals surface area contributed by atoms with Crippen molar-refractivity contribution in [3.8, 4) is 5.75 Å². The van der Waals surface area contributed by atoms with Gasteiger partial charge in [-0.15, -0.1) is 0 Å².